The topological polar surface area (TPSA) is 51.6 Å². The molecule has 5 heteroatoms. The predicted octanol–water partition coefficient (Wildman–Crippen LogP) is 0.626. The summed E-state index contributed by atoms with van der Waals surface area (Å²) in [4.78, 5) is 1.03. The summed E-state index contributed by atoms with van der Waals surface area (Å²) >= 11 is 1.36. The highest BCUT2D eigenvalue weighted by molar-refractivity contribution is 7.06. The van der Waals surface area contributed by atoms with E-state index < -0.39 is 6.10 Å². The van der Waals surface area contributed by atoms with Crippen molar-refractivity contribution in [2.75, 3.05) is 20.3 Å². The van der Waals surface area contributed by atoms with Crippen molar-refractivity contribution >= 4 is 11.5 Å². The van der Waals surface area contributed by atoms with Gasteiger partial charge in [-0.2, -0.15) is 4.37 Å². The Morgan fingerprint density at radius 1 is 1.69 bits per heavy atom. The summed E-state index contributed by atoms with van der Waals surface area (Å²) < 4.78 is 14.2. The van der Waals surface area contributed by atoms with Crippen molar-refractivity contribution in [1.29, 1.82) is 0 Å². The first-order valence-corrected chi connectivity index (χ1v) is 4.85. The van der Waals surface area contributed by atoms with Crippen LogP contribution in [-0.2, 0) is 4.74 Å². The maximum absolute atomic E-state index is 9.54. The van der Waals surface area contributed by atoms with Gasteiger partial charge in [0.2, 0.25) is 5.88 Å². The largest absolute Gasteiger partial charge is 0.480 e. The number of nitrogens with zero attached hydrogens (tertiary/aromatic N) is 1. The molecule has 4 nitrogen and oxygen atoms in total. The summed E-state index contributed by atoms with van der Waals surface area (Å²) in [5.74, 6) is 0.681. The third-order valence-corrected chi connectivity index (χ3v) is 3.03. The Morgan fingerprint density at radius 3 is 3.08 bits per heavy atom. The van der Waals surface area contributed by atoms with E-state index >= 15 is 0 Å². The molecule has 0 saturated carbocycles. The van der Waals surface area contributed by atoms with Gasteiger partial charge in [-0.25, -0.2) is 0 Å². The summed E-state index contributed by atoms with van der Waals surface area (Å²) in [5, 5.41) is 9.54. The Kier molecular flexibility index (Phi) is 2.48. The molecule has 1 aromatic heterocycles. The van der Waals surface area contributed by atoms with E-state index in [2.05, 4.69) is 4.37 Å². The summed E-state index contributed by atoms with van der Waals surface area (Å²) in [7, 11) is 1.58. The molecular weight excluding hydrogens is 190 g/mol. The summed E-state index contributed by atoms with van der Waals surface area (Å²) in [6.07, 6.45) is -0.398. The van der Waals surface area contributed by atoms with E-state index in [1.165, 1.54) is 11.5 Å². The van der Waals surface area contributed by atoms with Gasteiger partial charge in [0.05, 0.1) is 26.4 Å². The first kappa shape index (κ1) is 8.93. The van der Waals surface area contributed by atoms with Crippen molar-refractivity contribution in [3.8, 4) is 5.88 Å². The zero-order valence-corrected chi connectivity index (χ0v) is 8.08. The summed E-state index contributed by atoms with van der Waals surface area (Å²) in [6, 6.07) is 1.85. The first-order valence-electron chi connectivity index (χ1n) is 4.07. The van der Waals surface area contributed by atoms with Gasteiger partial charge in [-0.1, -0.05) is 0 Å². The molecular formula is C8H11NO3S. The van der Waals surface area contributed by atoms with Crippen LogP contribution in [0.25, 0.3) is 0 Å². The molecule has 1 aromatic rings. The number of hydrogen-bond acceptors (Lipinski definition) is 5. The van der Waals surface area contributed by atoms with Gasteiger partial charge in [-0.05, 0) is 11.5 Å². The second-order valence-electron chi connectivity index (χ2n) is 2.98. The molecule has 1 aliphatic rings. The average molecular weight is 201 g/mol. The van der Waals surface area contributed by atoms with E-state index in [1.54, 1.807) is 7.11 Å². The fourth-order valence-electron chi connectivity index (χ4n) is 1.36. The minimum atomic E-state index is -0.398. The summed E-state index contributed by atoms with van der Waals surface area (Å²) in [6.45, 7) is 0.997. The molecule has 2 unspecified atom stereocenters. The van der Waals surface area contributed by atoms with E-state index in [0.717, 1.165) is 4.88 Å². The molecule has 72 valence electrons. The fraction of sp³-hybridized carbons (Fsp3) is 0.625. The van der Waals surface area contributed by atoms with Crippen LogP contribution in [0, 0.1) is 0 Å². The lowest BCUT2D eigenvalue weighted by atomic mass is 10.1. The highest BCUT2D eigenvalue weighted by Gasteiger charge is 2.29. The third-order valence-electron chi connectivity index (χ3n) is 2.13. The molecule has 0 bridgehead atoms. The van der Waals surface area contributed by atoms with Gasteiger partial charge >= 0.3 is 0 Å². The van der Waals surface area contributed by atoms with Crippen molar-refractivity contribution in [1.82, 2.24) is 4.37 Å². The lowest BCUT2D eigenvalue weighted by Crippen LogP contribution is -2.14. The van der Waals surface area contributed by atoms with Gasteiger partial charge < -0.3 is 14.6 Å². The second-order valence-corrected chi connectivity index (χ2v) is 3.82. The molecule has 1 aliphatic heterocycles. The molecule has 1 saturated heterocycles. The molecule has 13 heavy (non-hydrogen) atoms. The first-order chi connectivity index (χ1) is 6.31. The molecule has 0 aliphatic carbocycles. The molecule has 0 spiro atoms. The normalized spacial score (nSPS) is 27.8. The number of rotatable bonds is 2. The number of aliphatic hydroxyl groups is 1. The van der Waals surface area contributed by atoms with Crippen molar-refractivity contribution in [3.63, 3.8) is 0 Å². The number of aromatic nitrogens is 1. The lowest BCUT2D eigenvalue weighted by molar-refractivity contribution is 0.125. The van der Waals surface area contributed by atoms with Crippen LogP contribution in [0.4, 0.5) is 0 Å². The quantitative estimate of drug-likeness (QED) is 0.762. The van der Waals surface area contributed by atoms with E-state index in [0.29, 0.717) is 19.1 Å². The number of methoxy groups -OCH3 is 1. The zero-order valence-electron chi connectivity index (χ0n) is 7.27. The maximum Gasteiger partial charge on any atom is 0.225 e. The van der Waals surface area contributed by atoms with Gasteiger partial charge in [0.1, 0.15) is 0 Å². The maximum atomic E-state index is 9.54. The monoisotopic (exact) mass is 201 g/mol. The van der Waals surface area contributed by atoms with E-state index in [4.69, 9.17) is 9.47 Å². The van der Waals surface area contributed by atoms with Crippen LogP contribution >= 0.6 is 11.5 Å². The molecule has 1 fully saturated rings. The number of hydrogen-bond donors (Lipinski definition) is 1. The van der Waals surface area contributed by atoms with Gasteiger partial charge in [-0.3, -0.25) is 0 Å². The van der Waals surface area contributed by atoms with Gasteiger partial charge in [0.15, 0.2) is 0 Å². The summed E-state index contributed by atoms with van der Waals surface area (Å²) in [5.41, 5.74) is 0. The predicted molar refractivity (Wildman–Crippen MR) is 48.2 cm³/mol. The van der Waals surface area contributed by atoms with Gasteiger partial charge in [0.25, 0.3) is 0 Å². The third kappa shape index (κ3) is 1.67. The lowest BCUT2D eigenvalue weighted by Gasteiger charge is -2.07. The minimum Gasteiger partial charge on any atom is -0.480 e. The van der Waals surface area contributed by atoms with Crippen molar-refractivity contribution in [3.05, 3.63) is 10.9 Å². The standard InChI is InChI=1S/C8H11NO3S/c1-11-8-2-7(13-9-8)5-3-12-4-6(5)10/h2,5-6,10H,3-4H2,1H3. The van der Waals surface area contributed by atoms with Crippen molar-refractivity contribution in [2.45, 2.75) is 12.0 Å². The molecule has 2 heterocycles. The zero-order chi connectivity index (χ0) is 9.26. The molecule has 0 amide bonds. The Labute approximate surface area is 80.3 Å². The van der Waals surface area contributed by atoms with E-state index in [1.807, 2.05) is 6.07 Å². The van der Waals surface area contributed by atoms with Gasteiger partial charge in [0, 0.05) is 16.9 Å². The van der Waals surface area contributed by atoms with Crippen LogP contribution in [0.1, 0.15) is 10.8 Å². The Morgan fingerprint density at radius 2 is 2.54 bits per heavy atom. The second kappa shape index (κ2) is 3.61. The smallest absolute Gasteiger partial charge is 0.225 e. The Bertz CT molecular complexity index is 289. The molecule has 2 atom stereocenters. The van der Waals surface area contributed by atoms with Crippen LogP contribution in [0.15, 0.2) is 6.07 Å². The highest BCUT2D eigenvalue weighted by atomic mass is 32.1. The van der Waals surface area contributed by atoms with Crippen LogP contribution in [0.5, 0.6) is 5.88 Å². The van der Waals surface area contributed by atoms with Crippen LogP contribution in [0.2, 0.25) is 0 Å². The van der Waals surface area contributed by atoms with E-state index in [9.17, 15) is 5.11 Å². The Hall–Kier alpha value is -0.650. The Balaban J connectivity index is 2.15. The number of aliphatic hydroxyl groups excluding tert-OH is 1. The molecule has 1 N–H and O–H groups in total. The molecule has 0 radical (unpaired) electrons. The van der Waals surface area contributed by atoms with Crippen LogP contribution in [0.3, 0.4) is 0 Å². The number of ether oxygens (including phenoxy) is 2. The SMILES string of the molecule is COc1cc(C2COCC2O)sn1. The fourth-order valence-corrected chi connectivity index (χ4v) is 2.19. The van der Waals surface area contributed by atoms with Gasteiger partial charge in [-0.15, -0.1) is 0 Å². The highest BCUT2D eigenvalue weighted by Crippen LogP contribution is 2.30. The van der Waals surface area contributed by atoms with E-state index in [-0.39, 0.29) is 5.92 Å². The minimum absolute atomic E-state index is 0.0707. The molecule has 2 rings (SSSR count). The molecule has 0 aromatic carbocycles. The van der Waals surface area contributed by atoms with Crippen LogP contribution < -0.4 is 4.74 Å². The van der Waals surface area contributed by atoms with Crippen LogP contribution in [-0.4, -0.2) is 35.9 Å². The van der Waals surface area contributed by atoms with Crippen molar-refractivity contribution in [2.24, 2.45) is 0 Å². The van der Waals surface area contributed by atoms with Crippen molar-refractivity contribution < 1.29 is 14.6 Å². The average Bonchev–Trinajstić information content (AvgIpc) is 2.71.